The molecule has 1 N–H and O–H groups in total. The van der Waals surface area contributed by atoms with Crippen molar-refractivity contribution in [3.05, 3.63) is 35.1 Å². The van der Waals surface area contributed by atoms with Crippen molar-refractivity contribution in [3.8, 4) is 6.07 Å². The van der Waals surface area contributed by atoms with E-state index in [-0.39, 0.29) is 11.9 Å². The van der Waals surface area contributed by atoms with Gasteiger partial charge in [-0.2, -0.15) is 5.26 Å². The van der Waals surface area contributed by atoms with Crippen LogP contribution in [0.2, 0.25) is 0 Å². The number of hydrogen-bond donors (Lipinski definition) is 1. The second kappa shape index (κ2) is 8.11. The van der Waals surface area contributed by atoms with E-state index in [4.69, 9.17) is 0 Å². The fourth-order valence-electron chi connectivity index (χ4n) is 2.80. The number of rotatable bonds is 7. The van der Waals surface area contributed by atoms with Crippen molar-refractivity contribution in [1.82, 2.24) is 10.2 Å². The van der Waals surface area contributed by atoms with Crippen LogP contribution in [0.15, 0.2) is 18.2 Å². The summed E-state index contributed by atoms with van der Waals surface area (Å²) in [5.74, 6) is -0.221. The number of halogens is 1. The number of benzene rings is 1. The zero-order valence-electron chi connectivity index (χ0n) is 12.7. The number of nitriles is 1. The Morgan fingerprint density at radius 2 is 2.10 bits per heavy atom. The molecule has 1 aliphatic heterocycles. The van der Waals surface area contributed by atoms with Crippen molar-refractivity contribution in [1.29, 1.82) is 5.26 Å². The Hall–Kier alpha value is -1.44. The van der Waals surface area contributed by atoms with E-state index in [1.807, 2.05) is 0 Å². The molecule has 3 nitrogen and oxygen atoms in total. The first-order valence-electron chi connectivity index (χ1n) is 7.82. The van der Waals surface area contributed by atoms with Gasteiger partial charge in [0.05, 0.1) is 6.07 Å². The molecule has 4 heteroatoms. The third-order valence-corrected chi connectivity index (χ3v) is 4.09. The number of hydrogen-bond acceptors (Lipinski definition) is 3. The summed E-state index contributed by atoms with van der Waals surface area (Å²) in [5.41, 5.74) is 1.43. The quantitative estimate of drug-likeness (QED) is 0.784. The highest BCUT2D eigenvalue weighted by Gasteiger charge is 2.12. The molecule has 1 aromatic carbocycles. The molecule has 0 radical (unpaired) electrons. The number of nitrogens with zero attached hydrogens (tertiary/aromatic N) is 2. The molecule has 21 heavy (non-hydrogen) atoms. The summed E-state index contributed by atoms with van der Waals surface area (Å²) >= 11 is 0. The lowest BCUT2D eigenvalue weighted by atomic mass is 10.0. The van der Waals surface area contributed by atoms with E-state index in [0.29, 0.717) is 5.56 Å². The molecule has 0 aliphatic carbocycles. The first-order chi connectivity index (χ1) is 10.2. The van der Waals surface area contributed by atoms with Crippen molar-refractivity contribution in [2.24, 2.45) is 0 Å². The molecule has 1 aliphatic rings. The van der Waals surface area contributed by atoms with Crippen molar-refractivity contribution in [2.75, 3.05) is 26.2 Å². The molecule has 1 heterocycles. The summed E-state index contributed by atoms with van der Waals surface area (Å²) in [7, 11) is 0. The predicted octanol–water partition coefficient (Wildman–Crippen LogP) is 3.16. The summed E-state index contributed by atoms with van der Waals surface area (Å²) in [6.45, 7) is 6.19. The Labute approximate surface area is 126 Å². The SMILES string of the molecule is Cc1cc(C(C#N)NCCCCN2CCCC2)ccc1F. The van der Waals surface area contributed by atoms with Crippen LogP contribution in [-0.2, 0) is 0 Å². The van der Waals surface area contributed by atoms with Crippen LogP contribution in [0.4, 0.5) is 4.39 Å². The van der Waals surface area contributed by atoms with Crippen LogP contribution in [0, 0.1) is 24.1 Å². The molecule has 1 fully saturated rings. The first-order valence-corrected chi connectivity index (χ1v) is 7.82. The van der Waals surface area contributed by atoms with E-state index < -0.39 is 0 Å². The molecule has 0 aromatic heterocycles. The summed E-state index contributed by atoms with van der Waals surface area (Å²) < 4.78 is 13.3. The second-order valence-corrected chi connectivity index (χ2v) is 5.78. The van der Waals surface area contributed by atoms with Gasteiger partial charge in [0.25, 0.3) is 0 Å². The fraction of sp³-hybridized carbons (Fsp3) is 0.588. The third-order valence-electron chi connectivity index (χ3n) is 4.09. The molecule has 1 aromatic rings. The van der Waals surface area contributed by atoms with E-state index in [1.165, 1.54) is 32.0 Å². The van der Waals surface area contributed by atoms with E-state index in [2.05, 4.69) is 16.3 Å². The lowest BCUT2D eigenvalue weighted by Gasteiger charge is -2.15. The van der Waals surface area contributed by atoms with Gasteiger partial charge in [0.1, 0.15) is 11.9 Å². The zero-order chi connectivity index (χ0) is 15.1. The number of unbranched alkanes of at least 4 members (excludes halogenated alkanes) is 1. The molecule has 0 saturated carbocycles. The molecule has 1 atom stereocenters. The van der Waals surface area contributed by atoms with Gasteiger partial charge in [-0.05, 0) is 76.0 Å². The topological polar surface area (TPSA) is 39.1 Å². The average Bonchev–Trinajstić information content (AvgIpc) is 2.99. The lowest BCUT2D eigenvalue weighted by Crippen LogP contribution is -2.24. The minimum absolute atomic E-state index is 0.221. The number of likely N-dealkylation sites (tertiary alicyclic amines) is 1. The van der Waals surface area contributed by atoms with E-state index >= 15 is 0 Å². The van der Waals surface area contributed by atoms with E-state index in [1.54, 1.807) is 19.1 Å². The predicted molar refractivity (Wildman–Crippen MR) is 82.4 cm³/mol. The Kier molecular flexibility index (Phi) is 6.16. The summed E-state index contributed by atoms with van der Waals surface area (Å²) in [6, 6.07) is 6.78. The van der Waals surface area contributed by atoms with Gasteiger partial charge >= 0.3 is 0 Å². The summed E-state index contributed by atoms with van der Waals surface area (Å²) in [4.78, 5) is 2.51. The van der Waals surface area contributed by atoms with Crippen molar-refractivity contribution in [2.45, 2.75) is 38.6 Å². The van der Waals surface area contributed by atoms with Crippen LogP contribution in [0.1, 0.15) is 42.9 Å². The molecule has 0 bridgehead atoms. The van der Waals surface area contributed by atoms with Gasteiger partial charge in [-0.25, -0.2) is 4.39 Å². The molecule has 1 unspecified atom stereocenters. The van der Waals surface area contributed by atoms with Crippen LogP contribution >= 0.6 is 0 Å². The fourth-order valence-corrected chi connectivity index (χ4v) is 2.80. The molecular weight excluding hydrogens is 265 g/mol. The Bertz CT molecular complexity index is 489. The highest BCUT2D eigenvalue weighted by atomic mass is 19.1. The third kappa shape index (κ3) is 4.80. The van der Waals surface area contributed by atoms with Gasteiger partial charge in [-0.1, -0.05) is 12.1 Å². The maximum absolute atomic E-state index is 13.3. The normalized spacial score (nSPS) is 16.8. The number of aryl methyl sites for hydroxylation is 1. The number of nitrogens with one attached hydrogen (secondary N) is 1. The summed E-state index contributed by atoms with van der Waals surface area (Å²) in [5, 5.41) is 12.5. The first kappa shape index (κ1) is 15.9. The zero-order valence-corrected chi connectivity index (χ0v) is 12.7. The smallest absolute Gasteiger partial charge is 0.126 e. The largest absolute Gasteiger partial charge is 0.303 e. The average molecular weight is 289 g/mol. The van der Waals surface area contributed by atoms with Gasteiger partial charge in [-0.15, -0.1) is 0 Å². The van der Waals surface area contributed by atoms with Crippen LogP contribution in [0.3, 0.4) is 0 Å². The lowest BCUT2D eigenvalue weighted by molar-refractivity contribution is 0.328. The van der Waals surface area contributed by atoms with E-state index in [0.717, 1.165) is 31.5 Å². The molecule has 0 spiro atoms. The van der Waals surface area contributed by atoms with Crippen molar-refractivity contribution < 1.29 is 4.39 Å². The van der Waals surface area contributed by atoms with Crippen LogP contribution < -0.4 is 5.32 Å². The standard InChI is InChI=1S/C17H24FN3/c1-14-12-15(6-7-16(14)18)17(13-19)20-8-2-3-9-21-10-4-5-11-21/h6-7,12,17,20H,2-5,8-11H2,1H3. The summed E-state index contributed by atoms with van der Waals surface area (Å²) in [6.07, 6.45) is 4.89. The molecular formula is C17H24FN3. The highest BCUT2D eigenvalue weighted by molar-refractivity contribution is 5.29. The Balaban J connectivity index is 1.72. The van der Waals surface area contributed by atoms with Crippen LogP contribution in [0.25, 0.3) is 0 Å². The minimum atomic E-state index is -0.351. The molecule has 2 rings (SSSR count). The van der Waals surface area contributed by atoms with Gasteiger partial charge in [-0.3, -0.25) is 5.32 Å². The van der Waals surface area contributed by atoms with Gasteiger partial charge < -0.3 is 4.90 Å². The highest BCUT2D eigenvalue weighted by Crippen LogP contribution is 2.16. The maximum atomic E-state index is 13.3. The van der Waals surface area contributed by atoms with Gasteiger partial charge in [0.15, 0.2) is 0 Å². The van der Waals surface area contributed by atoms with E-state index in [9.17, 15) is 9.65 Å². The maximum Gasteiger partial charge on any atom is 0.126 e. The van der Waals surface area contributed by atoms with Crippen molar-refractivity contribution >= 4 is 0 Å². The van der Waals surface area contributed by atoms with Crippen molar-refractivity contribution in [3.63, 3.8) is 0 Å². The second-order valence-electron chi connectivity index (χ2n) is 5.78. The molecule has 0 amide bonds. The Morgan fingerprint density at radius 1 is 1.33 bits per heavy atom. The van der Waals surface area contributed by atoms with Gasteiger partial charge in [0.2, 0.25) is 0 Å². The van der Waals surface area contributed by atoms with Crippen LogP contribution in [0.5, 0.6) is 0 Å². The minimum Gasteiger partial charge on any atom is -0.303 e. The van der Waals surface area contributed by atoms with Gasteiger partial charge in [0, 0.05) is 0 Å². The van der Waals surface area contributed by atoms with Crippen LogP contribution in [-0.4, -0.2) is 31.1 Å². The monoisotopic (exact) mass is 289 g/mol. The molecule has 114 valence electrons. The Morgan fingerprint density at radius 3 is 2.76 bits per heavy atom. The molecule has 1 saturated heterocycles.